The summed E-state index contributed by atoms with van der Waals surface area (Å²) in [6.07, 6.45) is 1.51. The highest BCUT2D eigenvalue weighted by Gasteiger charge is 2.45. The Hall–Kier alpha value is -4.49. The third-order valence-electron chi connectivity index (χ3n) is 6.15. The molecule has 0 saturated heterocycles. The number of aromatic nitrogens is 4. The zero-order valence-electron chi connectivity index (χ0n) is 20.1. The zero-order valence-corrected chi connectivity index (χ0v) is 20.9. The van der Waals surface area contributed by atoms with Gasteiger partial charge in [0.25, 0.3) is 5.91 Å². The molecule has 186 valence electrons. The summed E-state index contributed by atoms with van der Waals surface area (Å²) in [5.74, 6) is -0.264. The molecule has 11 heteroatoms. The predicted molar refractivity (Wildman–Crippen MR) is 136 cm³/mol. The number of anilines is 2. The largest absolute Gasteiger partial charge is 0.480 e. The van der Waals surface area contributed by atoms with Crippen molar-refractivity contribution in [2.75, 3.05) is 17.7 Å². The molecule has 9 nitrogen and oxygen atoms in total. The average Bonchev–Trinajstić information content (AvgIpc) is 3.41. The van der Waals surface area contributed by atoms with E-state index in [9.17, 15) is 14.4 Å². The summed E-state index contributed by atoms with van der Waals surface area (Å²) in [5, 5.41) is 9.18. The van der Waals surface area contributed by atoms with Crippen molar-refractivity contribution in [3.05, 3.63) is 82.0 Å². The Balaban J connectivity index is 1.78. The third-order valence-corrected chi connectivity index (χ3v) is 6.44. The lowest BCUT2D eigenvalue weighted by Gasteiger charge is -2.28. The number of nitriles is 1. The lowest BCUT2D eigenvalue weighted by molar-refractivity contribution is 0.0989. The molecule has 1 unspecified atom stereocenters. The van der Waals surface area contributed by atoms with E-state index in [0.717, 1.165) is 5.56 Å². The molecule has 3 heterocycles. The minimum atomic E-state index is -0.638. The summed E-state index contributed by atoms with van der Waals surface area (Å²) >= 11 is 6.08. The summed E-state index contributed by atoms with van der Waals surface area (Å²) in [7, 11) is 1.46. The van der Waals surface area contributed by atoms with Gasteiger partial charge in [0.1, 0.15) is 17.7 Å². The van der Waals surface area contributed by atoms with E-state index in [4.69, 9.17) is 27.1 Å². The molecule has 0 aliphatic carbocycles. The fourth-order valence-corrected chi connectivity index (χ4v) is 4.74. The second kappa shape index (κ2) is 9.19. The van der Waals surface area contributed by atoms with E-state index in [1.807, 2.05) is 18.4 Å². The number of benzene rings is 2. The van der Waals surface area contributed by atoms with E-state index in [1.165, 1.54) is 36.4 Å². The molecule has 1 aliphatic rings. The van der Waals surface area contributed by atoms with Crippen LogP contribution < -0.4 is 15.4 Å². The van der Waals surface area contributed by atoms with Crippen molar-refractivity contribution in [3.63, 3.8) is 0 Å². The van der Waals surface area contributed by atoms with Crippen LogP contribution in [0, 0.1) is 17.1 Å². The molecule has 0 fully saturated rings. The summed E-state index contributed by atoms with van der Waals surface area (Å²) < 4.78 is 21.3. The Kier molecular flexibility index (Phi) is 6.01. The van der Waals surface area contributed by atoms with Gasteiger partial charge in [0, 0.05) is 17.9 Å². The Morgan fingerprint density at radius 2 is 1.92 bits per heavy atom. The third kappa shape index (κ3) is 3.93. The van der Waals surface area contributed by atoms with E-state index >= 15 is 0 Å². The number of halogens is 2. The smallest absolute Gasteiger partial charge is 0.279 e. The van der Waals surface area contributed by atoms with E-state index in [2.05, 4.69) is 16.0 Å². The first-order chi connectivity index (χ1) is 17.7. The van der Waals surface area contributed by atoms with Gasteiger partial charge in [0.15, 0.2) is 5.69 Å². The number of rotatable bonds is 5. The number of fused-ring (bicyclic) bond motifs is 1. The minimum absolute atomic E-state index is 0.0432. The lowest BCUT2D eigenvalue weighted by Crippen LogP contribution is -2.30. The van der Waals surface area contributed by atoms with Crippen molar-refractivity contribution in [2.45, 2.75) is 25.9 Å². The number of carbonyl (C=O) groups excluding carboxylic acids is 1. The van der Waals surface area contributed by atoms with Gasteiger partial charge < -0.3 is 15.0 Å². The van der Waals surface area contributed by atoms with E-state index in [-0.39, 0.29) is 34.5 Å². The maximum Gasteiger partial charge on any atom is 0.279 e. The van der Waals surface area contributed by atoms with Crippen LogP contribution in [0.5, 0.6) is 5.88 Å². The first kappa shape index (κ1) is 24.2. The van der Waals surface area contributed by atoms with E-state index in [0.29, 0.717) is 28.3 Å². The van der Waals surface area contributed by atoms with E-state index < -0.39 is 11.9 Å². The molecule has 2 N–H and O–H groups in total. The molecule has 0 spiro atoms. The Bertz CT molecular complexity index is 1580. The molecule has 0 radical (unpaired) electrons. The van der Waals surface area contributed by atoms with Crippen LogP contribution in [0.25, 0.3) is 11.4 Å². The standard InChI is InChI=1S/C26H21ClFN7O2/c1-13(2)34-22-20(32-23(34)17-12-31-26(30)33-24(17)37-3)25(36)35(16-8-9-19(28)18(27)10-16)21(22)15-6-4-14(11-29)5-7-15/h4-10,12-13,21H,1-3H3,(H2,30,31,33). The van der Waals surface area contributed by atoms with Crippen molar-refractivity contribution >= 4 is 29.1 Å². The number of nitrogens with zero attached hydrogens (tertiary/aromatic N) is 6. The molecule has 4 aromatic rings. The van der Waals surface area contributed by atoms with Gasteiger partial charge in [0.2, 0.25) is 11.8 Å². The van der Waals surface area contributed by atoms with Crippen LogP contribution in [0.1, 0.15) is 53.2 Å². The molecule has 1 aliphatic heterocycles. The molecule has 5 rings (SSSR count). The van der Waals surface area contributed by atoms with Gasteiger partial charge in [-0.25, -0.2) is 14.4 Å². The maximum atomic E-state index is 14.0. The number of nitrogen functional groups attached to an aromatic ring is 1. The fraction of sp³-hybridized carbons (Fsp3) is 0.192. The Morgan fingerprint density at radius 1 is 1.19 bits per heavy atom. The van der Waals surface area contributed by atoms with Crippen molar-refractivity contribution in [2.24, 2.45) is 0 Å². The zero-order chi connectivity index (χ0) is 26.4. The number of amides is 1. The van der Waals surface area contributed by atoms with E-state index in [1.54, 1.807) is 24.3 Å². The molecule has 37 heavy (non-hydrogen) atoms. The lowest BCUT2D eigenvalue weighted by atomic mass is 10.0. The first-order valence-electron chi connectivity index (χ1n) is 11.3. The molecule has 2 aromatic carbocycles. The number of hydrogen-bond donors (Lipinski definition) is 1. The van der Waals surface area contributed by atoms with Crippen molar-refractivity contribution in [1.82, 2.24) is 19.5 Å². The van der Waals surface area contributed by atoms with Crippen molar-refractivity contribution in [3.8, 4) is 23.3 Å². The highest BCUT2D eigenvalue weighted by molar-refractivity contribution is 6.31. The molecule has 0 saturated carbocycles. The van der Waals surface area contributed by atoms with Crippen molar-refractivity contribution < 1.29 is 13.9 Å². The molecule has 2 aromatic heterocycles. The van der Waals surface area contributed by atoms with Gasteiger partial charge in [-0.2, -0.15) is 10.2 Å². The van der Waals surface area contributed by atoms with Crippen LogP contribution in [0.15, 0.2) is 48.7 Å². The second-order valence-electron chi connectivity index (χ2n) is 8.69. The minimum Gasteiger partial charge on any atom is -0.480 e. The summed E-state index contributed by atoms with van der Waals surface area (Å²) in [5.41, 5.74) is 8.69. The second-order valence-corrected chi connectivity index (χ2v) is 9.10. The topological polar surface area (TPSA) is 123 Å². The number of imidazole rings is 1. The van der Waals surface area contributed by atoms with Crippen LogP contribution >= 0.6 is 11.6 Å². The fourth-order valence-electron chi connectivity index (χ4n) is 4.57. The number of carbonyl (C=O) groups is 1. The van der Waals surface area contributed by atoms with Crippen LogP contribution in [-0.2, 0) is 0 Å². The van der Waals surface area contributed by atoms with Crippen LogP contribution in [0.4, 0.5) is 16.0 Å². The summed E-state index contributed by atoms with van der Waals surface area (Å²) in [4.78, 5) is 28.4. The molecule has 0 bridgehead atoms. The van der Waals surface area contributed by atoms with Gasteiger partial charge in [0.05, 0.1) is 35.0 Å². The number of nitrogens with two attached hydrogens (primary N) is 1. The van der Waals surface area contributed by atoms with Crippen molar-refractivity contribution in [1.29, 1.82) is 5.26 Å². The average molecular weight is 518 g/mol. The van der Waals surface area contributed by atoms with Crippen LogP contribution in [0.2, 0.25) is 5.02 Å². The first-order valence-corrected chi connectivity index (χ1v) is 11.7. The maximum absolute atomic E-state index is 14.0. The normalized spacial score (nSPS) is 14.7. The monoisotopic (exact) mass is 517 g/mol. The Morgan fingerprint density at radius 3 is 2.54 bits per heavy atom. The molecule has 1 atom stereocenters. The molecule has 1 amide bonds. The molecular formula is C26H21ClFN7O2. The molecular weight excluding hydrogens is 497 g/mol. The quantitative estimate of drug-likeness (QED) is 0.398. The SMILES string of the molecule is COc1nc(N)ncc1-c1nc2c(n1C(C)C)C(c1ccc(C#N)cc1)N(c1ccc(F)c(Cl)c1)C2=O. The van der Waals surface area contributed by atoms with Gasteiger partial charge in [-0.15, -0.1) is 0 Å². The van der Waals surface area contributed by atoms with Crippen LogP contribution in [0.3, 0.4) is 0 Å². The summed E-state index contributed by atoms with van der Waals surface area (Å²) in [6, 6.07) is 12.4. The number of methoxy groups -OCH3 is 1. The van der Waals surface area contributed by atoms with Gasteiger partial charge >= 0.3 is 0 Å². The highest BCUT2D eigenvalue weighted by atomic mass is 35.5. The number of ether oxygens (including phenoxy) is 1. The van der Waals surface area contributed by atoms with Gasteiger partial charge in [-0.1, -0.05) is 23.7 Å². The Labute approximate surface area is 216 Å². The van der Waals surface area contributed by atoms with Crippen LogP contribution in [-0.4, -0.2) is 32.5 Å². The summed E-state index contributed by atoms with van der Waals surface area (Å²) in [6.45, 7) is 3.93. The number of hydrogen-bond acceptors (Lipinski definition) is 7. The predicted octanol–water partition coefficient (Wildman–Crippen LogP) is 4.93. The van der Waals surface area contributed by atoms with Gasteiger partial charge in [-0.3, -0.25) is 9.69 Å². The highest BCUT2D eigenvalue weighted by Crippen LogP contribution is 2.45. The van der Waals surface area contributed by atoms with Gasteiger partial charge in [-0.05, 0) is 49.7 Å².